The number of oxazole rings is 1. The summed E-state index contributed by atoms with van der Waals surface area (Å²) in [6, 6.07) is 5.60. The molecule has 1 aromatic carbocycles. The van der Waals surface area contributed by atoms with Crippen molar-refractivity contribution in [3.63, 3.8) is 0 Å². The zero-order valence-electron chi connectivity index (χ0n) is 9.23. The summed E-state index contributed by atoms with van der Waals surface area (Å²) in [5.41, 5.74) is 2.39. The molecule has 0 aliphatic heterocycles. The van der Waals surface area contributed by atoms with Gasteiger partial charge in [-0.3, -0.25) is 4.79 Å². The first-order valence-electron chi connectivity index (χ1n) is 5.22. The van der Waals surface area contributed by atoms with Crippen molar-refractivity contribution >= 4 is 17.1 Å². The molecule has 0 saturated heterocycles. The van der Waals surface area contributed by atoms with Gasteiger partial charge in [0.2, 0.25) is 5.89 Å². The Balaban J connectivity index is 2.54. The minimum Gasteiger partial charge on any atom is -0.481 e. The number of aryl methyl sites for hydroxylation is 1. The summed E-state index contributed by atoms with van der Waals surface area (Å²) in [5, 5.41) is 9.02. The molecule has 0 bridgehead atoms. The van der Waals surface area contributed by atoms with Crippen molar-refractivity contribution in [3.05, 3.63) is 29.7 Å². The van der Waals surface area contributed by atoms with Crippen molar-refractivity contribution in [2.45, 2.75) is 26.2 Å². The molecule has 4 nitrogen and oxygen atoms in total. The molecule has 1 aromatic heterocycles. The SMILES string of the molecule is CCC(C(=O)O)c1nc2c(C)cccc2o1. The van der Waals surface area contributed by atoms with E-state index in [-0.39, 0.29) is 0 Å². The van der Waals surface area contributed by atoms with Crippen LogP contribution in [0.1, 0.15) is 30.7 Å². The van der Waals surface area contributed by atoms with E-state index in [2.05, 4.69) is 4.98 Å². The second kappa shape index (κ2) is 3.96. The van der Waals surface area contributed by atoms with Crippen LogP contribution in [0.2, 0.25) is 0 Å². The first kappa shape index (κ1) is 10.7. The van der Waals surface area contributed by atoms with Crippen LogP contribution in [0, 0.1) is 6.92 Å². The number of rotatable bonds is 3. The maximum Gasteiger partial charge on any atom is 0.315 e. The molecule has 84 valence electrons. The Kier molecular flexibility index (Phi) is 2.64. The maximum atomic E-state index is 11.0. The highest BCUT2D eigenvalue weighted by Gasteiger charge is 2.23. The zero-order valence-corrected chi connectivity index (χ0v) is 9.23. The quantitative estimate of drug-likeness (QED) is 0.862. The second-order valence-corrected chi connectivity index (χ2v) is 3.77. The number of nitrogens with zero attached hydrogens (tertiary/aromatic N) is 1. The van der Waals surface area contributed by atoms with Crippen LogP contribution in [0.25, 0.3) is 11.1 Å². The molecule has 2 rings (SSSR count). The summed E-state index contributed by atoms with van der Waals surface area (Å²) in [6.45, 7) is 3.73. The molecule has 1 atom stereocenters. The number of hydrogen-bond donors (Lipinski definition) is 1. The van der Waals surface area contributed by atoms with Crippen molar-refractivity contribution in [1.29, 1.82) is 0 Å². The fraction of sp³-hybridized carbons (Fsp3) is 0.333. The van der Waals surface area contributed by atoms with Crippen molar-refractivity contribution in [2.75, 3.05) is 0 Å². The summed E-state index contributed by atoms with van der Waals surface area (Å²) < 4.78 is 5.47. The van der Waals surface area contributed by atoms with E-state index in [1.807, 2.05) is 19.1 Å². The minimum absolute atomic E-state index is 0.291. The molecule has 0 fully saturated rings. The lowest BCUT2D eigenvalue weighted by molar-refractivity contribution is -0.139. The van der Waals surface area contributed by atoms with Crippen molar-refractivity contribution in [3.8, 4) is 0 Å². The third-order valence-corrected chi connectivity index (χ3v) is 2.64. The number of para-hydroxylation sites is 1. The van der Waals surface area contributed by atoms with E-state index in [1.165, 1.54) is 0 Å². The van der Waals surface area contributed by atoms with Crippen LogP contribution in [0.4, 0.5) is 0 Å². The van der Waals surface area contributed by atoms with Crippen LogP contribution in [-0.2, 0) is 4.79 Å². The van der Waals surface area contributed by atoms with E-state index < -0.39 is 11.9 Å². The van der Waals surface area contributed by atoms with E-state index in [0.29, 0.717) is 17.9 Å². The average Bonchev–Trinajstić information content (AvgIpc) is 2.63. The van der Waals surface area contributed by atoms with Crippen molar-refractivity contribution < 1.29 is 14.3 Å². The maximum absolute atomic E-state index is 11.0. The molecule has 16 heavy (non-hydrogen) atoms. The molecule has 0 radical (unpaired) electrons. The fourth-order valence-electron chi connectivity index (χ4n) is 1.71. The topological polar surface area (TPSA) is 63.3 Å². The summed E-state index contributed by atoms with van der Waals surface area (Å²) in [5.74, 6) is -1.27. The second-order valence-electron chi connectivity index (χ2n) is 3.77. The third kappa shape index (κ3) is 1.66. The van der Waals surface area contributed by atoms with Crippen molar-refractivity contribution in [2.24, 2.45) is 0 Å². The molecular weight excluding hydrogens is 206 g/mol. The van der Waals surface area contributed by atoms with E-state index in [1.54, 1.807) is 13.0 Å². The van der Waals surface area contributed by atoms with E-state index in [0.717, 1.165) is 11.1 Å². The number of aliphatic carboxylic acids is 1. The van der Waals surface area contributed by atoms with Gasteiger partial charge in [0.05, 0.1) is 0 Å². The van der Waals surface area contributed by atoms with Crippen LogP contribution in [0.5, 0.6) is 0 Å². The molecule has 0 amide bonds. The number of benzene rings is 1. The Morgan fingerprint density at radius 2 is 2.31 bits per heavy atom. The molecule has 0 aliphatic carbocycles. The smallest absolute Gasteiger partial charge is 0.315 e. The number of carboxylic acid groups (broad SMARTS) is 1. The lowest BCUT2D eigenvalue weighted by Crippen LogP contribution is -2.10. The van der Waals surface area contributed by atoms with Gasteiger partial charge in [-0.1, -0.05) is 19.1 Å². The largest absolute Gasteiger partial charge is 0.481 e. The highest BCUT2D eigenvalue weighted by Crippen LogP contribution is 2.25. The predicted molar refractivity (Wildman–Crippen MR) is 59.4 cm³/mol. The van der Waals surface area contributed by atoms with Crippen LogP contribution in [-0.4, -0.2) is 16.1 Å². The van der Waals surface area contributed by atoms with Gasteiger partial charge in [-0.05, 0) is 25.0 Å². The highest BCUT2D eigenvalue weighted by molar-refractivity contribution is 5.79. The lowest BCUT2D eigenvalue weighted by Gasteiger charge is -2.02. The van der Waals surface area contributed by atoms with Gasteiger partial charge in [0.1, 0.15) is 11.4 Å². The monoisotopic (exact) mass is 219 g/mol. The molecule has 0 spiro atoms. The van der Waals surface area contributed by atoms with Gasteiger partial charge in [0, 0.05) is 0 Å². The standard InChI is InChI=1S/C12H13NO3/c1-3-8(12(14)15)11-13-10-7(2)5-4-6-9(10)16-11/h4-6,8H,3H2,1-2H3,(H,14,15). The van der Waals surface area contributed by atoms with Crippen LogP contribution in [0.3, 0.4) is 0 Å². The predicted octanol–water partition coefficient (Wildman–Crippen LogP) is 2.71. The minimum atomic E-state index is -0.897. The van der Waals surface area contributed by atoms with Gasteiger partial charge in [-0.2, -0.15) is 0 Å². The summed E-state index contributed by atoms with van der Waals surface area (Å²) >= 11 is 0. The van der Waals surface area contributed by atoms with Crippen LogP contribution in [0.15, 0.2) is 22.6 Å². The van der Waals surface area contributed by atoms with Gasteiger partial charge in [-0.15, -0.1) is 0 Å². The Bertz CT molecular complexity index is 530. The zero-order chi connectivity index (χ0) is 11.7. The first-order valence-corrected chi connectivity index (χ1v) is 5.22. The van der Waals surface area contributed by atoms with Crippen molar-refractivity contribution in [1.82, 2.24) is 4.98 Å². The molecule has 0 saturated carbocycles. The van der Waals surface area contributed by atoms with Gasteiger partial charge in [0.15, 0.2) is 5.58 Å². The van der Waals surface area contributed by atoms with Gasteiger partial charge in [0.25, 0.3) is 0 Å². The Morgan fingerprint density at radius 3 is 2.88 bits per heavy atom. The molecule has 4 heteroatoms. The number of carbonyl (C=O) groups is 1. The third-order valence-electron chi connectivity index (χ3n) is 2.64. The average molecular weight is 219 g/mol. The van der Waals surface area contributed by atoms with E-state index >= 15 is 0 Å². The van der Waals surface area contributed by atoms with Gasteiger partial charge in [-0.25, -0.2) is 4.98 Å². The first-order chi connectivity index (χ1) is 7.63. The van der Waals surface area contributed by atoms with Gasteiger partial charge < -0.3 is 9.52 Å². The summed E-state index contributed by atoms with van der Waals surface area (Å²) in [4.78, 5) is 15.2. The highest BCUT2D eigenvalue weighted by atomic mass is 16.4. The van der Waals surface area contributed by atoms with E-state index in [9.17, 15) is 4.79 Å². The lowest BCUT2D eigenvalue weighted by atomic mass is 10.1. The normalized spacial score (nSPS) is 12.9. The number of aromatic nitrogens is 1. The van der Waals surface area contributed by atoms with Crippen LogP contribution < -0.4 is 0 Å². The molecular formula is C12H13NO3. The fourth-order valence-corrected chi connectivity index (χ4v) is 1.71. The molecule has 2 aromatic rings. The Labute approximate surface area is 92.9 Å². The molecule has 0 aliphatic rings. The van der Waals surface area contributed by atoms with Gasteiger partial charge >= 0.3 is 5.97 Å². The van der Waals surface area contributed by atoms with Crippen LogP contribution >= 0.6 is 0 Å². The molecule has 1 N–H and O–H groups in total. The number of hydrogen-bond acceptors (Lipinski definition) is 3. The number of carboxylic acids is 1. The summed E-state index contributed by atoms with van der Waals surface area (Å²) in [6.07, 6.45) is 0.473. The molecule has 1 heterocycles. The number of fused-ring (bicyclic) bond motifs is 1. The Morgan fingerprint density at radius 1 is 1.56 bits per heavy atom. The van der Waals surface area contributed by atoms with E-state index in [4.69, 9.17) is 9.52 Å². The Hall–Kier alpha value is -1.84. The molecule has 1 unspecified atom stereocenters. The summed E-state index contributed by atoms with van der Waals surface area (Å²) in [7, 11) is 0.